The van der Waals surface area contributed by atoms with Crippen LogP contribution < -0.4 is 10.1 Å². The van der Waals surface area contributed by atoms with Gasteiger partial charge in [0.25, 0.3) is 0 Å². The summed E-state index contributed by atoms with van der Waals surface area (Å²) in [5, 5.41) is 13.6. The van der Waals surface area contributed by atoms with Gasteiger partial charge in [-0.05, 0) is 30.5 Å². The van der Waals surface area contributed by atoms with E-state index < -0.39 is 6.10 Å². The fourth-order valence-corrected chi connectivity index (χ4v) is 1.73. The molecule has 1 aromatic rings. The fourth-order valence-electron chi connectivity index (χ4n) is 1.54. The summed E-state index contributed by atoms with van der Waals surface area (Å²) < 4.78 is 5.47. The molecule has 0 saturated heterocycles. The van der Waals surface area contributed by atoms with Gasteiger partial charge in [-0.1, -0.05) is 44.5 Å². The number of ether oxygens (including phenoxy) is 1. The van der Waals surface area contributed by atoms with E-state index in [9.17, 15) is 5.11 Å². The average molecular weight is 286 g/mol. The van der Waals surface area contributed by atoms with E-state index >= 15 is 0 Å². The summed E-state index contributed by atoms with van der Waals surface area (Å²) in [4.78, 5) is 0. The Morgan fingerprint density at radius 2 is 2.00 bits per heavy atom. The largest absolute Gasteiger partial charge is 0.489 e. The van der Waals surface area contributed by atoms with E-state index in [-0.39, 0.29) is 6.61 Å². The molecule has 0 amide bonds. The first-order valence-corrected chi connectivity index (χ1v) is 7.02. The lowest BCUT2D eigenvalue weighted by Gasteiger charge is -2.19. The molecule has 0 fully saturated rings. The highest BCUT2D eigenvalue weighted by atomic mass is 35.5. The Morgan fingerprint density at radius 1 is 1.32 bits per heavy atom. The van der Waals surface area contributed by atoms with Gasteiger partial charge in [0.05, 0.1) is 5.02 Å². The molecule has 0 saturated carbocycles. The van der Waals surface area contributed by atoms with Crippen LogP contribution in [-0.4, -0.2) is 30.9 Å². The van der Waals surface area contributed by atoms with Gasteiger partial charge < -0.3 is 15.2 Å². The van der Waals surface area contributed by atoms with Crippen LogP contribution in [0.3, 0.4) is 0 Å². The normalized spacial score (nSPS) is 13.3. The molecule has 0 aromatic heterocycles. The third kappa shape index (κ3) is 7.41. The predicted octanol–water partition coefficient (Wildman–Crippen LogP) is 3.11. The SMILES string of the molecule is CC(C)(C)CCNCC(O)COc1ccccc1Cl. The van der Waals surface area contributed by atoms with Gasteiger partial charge in [-0.3, -0.25) is 0 Å². The van der Waals surface area contributed by atoms with E-state index in [1.54, 1.807) is 12.1 Å². The van der Waals surface area contributed by atoms with Gasteiger partial charge >= 0.3 is 0 Å². The maximum atomic E-state index is 9.80. The van der Waals surface area contributed by atoms with Crippen LogP contribution >= 0.6 is 11.6 Å². The van der Waals surface area contributed by atoms with Crippen molar-refractivity contribution in [2.45, 2.75) is 33.3 Å². The van der Waals surface area contributed by atoms with E-state index in [0.717, 1.165) is 13.0 Å². The van der Waals surface area contributed by atoms with Crippen LogP contribution in [0, 0.1) is 5.41 Å². The van der Waals surface area contributed by atoms with E-state index in [1.165, 1.54) is 0 Å². The van der Waals surface area contributed by atoms with Crippen LogP contribution in [0.1, 0.15) is 27.2 Å². The molecule has 4 heteroatoms. The van der Waals surface area contributed by atoms with E-state index in [1.807, 2.05) is 12.1 Å². The van der Waals surface area contributed by atoms with Crippen LogP contribution in [-0.2, 0) is 0 Å². The first-order valence-electron chi connectivity index (χ1n) is 6.64. The van der Waals surface area contributed by atoms with Crippen molar-refractivity contribution in [1.29, 1.82) is 0 Å². The Bertz CT molecular complexity index is 377. The fraction of sp³-hybridized carbons (Fsp3) is 0.600. The second kappa shape index (κ2) is 7.73. The van der Waals surface area contributed by atoms with Crippen molar-refractivity contribution in [2.75, 3.05) is 19.7 Å². The van der Waals surface area contributed by atoms with E-state index in [2.05, 4.69) is 26.1 Å². The Hall–Kier alpha value is -0.770. The Morgan fingerprint density at radius 3 is 2.63 bits per heavy atom. The highest BCUT2D eigenvalue weighted by molar-refractivity contribution is 6.32. The topological polar surface area (TPSA) is 41.5 Å². The van der Waals surface area contributed by atoms with Gasteiger partial charge in [0.1, 0.15) is 18.5 Å². The zero-order valence-corrected chi connectivity index (χ0v) is 12.7. The van der Waals surface area contributed by atoms with E-state index in [0.29, 0.717) is 22.7 Å². The highest BCUT2D eigenvalue weighted by Gasteiger charge is 2.10. The van der Waals surface area contributed by atoms with Crippen molar-refractivity contribution in [3.05, 3.63) is 29.3 Å². The van der Waals surface area contributed by atoms with Gasteiger partial charge in [0.2, 0.25) is 0 Å². The molecular formula is C15H24ClNO2. The second-order valence-electron chi connectivity index (χ2n) is 5.91. The maximum Gasteiger partial charge on any atom is 0.138 e. The molecule has 0 heterocycles. The molecule has 0 aliphatic carbocycles. The van der Waals surface area contributed by atoms with Crippen LogP contribution in [0.15, 0.2) is 24.3 Å². The molecule has 0 bridgehead atoms. The zero-order chi connectivity index (χ0) is 14.3. The molecule has 0 spiro atoms. The molecule has 2 N–H and O–H groups in total. The molecule has 1 unspecified atom stereocenters. The minimum absolute atomic E-state index is 0.242. The number of nitrogens with one attached hydrogen (secondary N) is 1. The summed E-state index contributed by atoms with van der Waals surface area (Å²) in [5.74, 6) is 0.609. The van der Waals surface area contributed by atoms with Crippen molar-refractivity contribution in [2.24, 2.45) is 5.41 Å². The molecule has 19 heavy (non-hydrogen) atoms. The summed E-state index contributed by atoms with van der Waals surface area (Å²) in [6, 6.07) is 7.27. The highest BCUT2D eigenvalue weighted by Crippen LogP contribution is 2.23. The molecular weight excluding hydrogens is 262 g/mol. The molecule has 0 radical (unpaired) electrons. The number of hydrogen-bond donors (Lipinski definition) is 2. The quantitative estimate of drug-likeness (QED) is 0.757. The monoisotopic (exact) mass is 285 g/mol. The van der Waals surface area contributed by atoms with Gasteiger partial charge in [0.15, 0.2) is 0 Å². The zero-order valence-electron chi connectivity index (χ0n) is 11.9. The van der Waals surface area contributed by atoms with Crippen molar-refractivity contribution in [3.8, 4) is 5.75 Å². The summed E-state index contributed by atoms with van der Waals surface area (Å²) in [6.07, 6.45) is 0.543. The number of para-hydroxylation sites is 1. The number of hydrogen-bond acceptors (Lipinski definition) is 3. The van der Waals surface area contributed by atoms with Crippen molar-refractivity contribution in [3.63, 3.8) is 0 Å². The maximum absolute atomic E-state index is 9.80. The Kier molecular flexibility index (Phi) is 6.63. The van der Waals surface area contributed by atoms with Gasteiger partial charge in [-0.15, -0.1) is 0 Å². The van der Waals surface area contributed by atoms with Gasteiger partial charge in [-0.25, -0.2) is 0 Å². The lowest BCUT2D eigenvalue weighted by molar-refractivity contribution is 0.106. The molecule has 1 rings (SSSR count). The smallest absolute Gasteiger partial charge is 0.138 e. The van der Waals surface area contributed by atoms with Crippen molar-refractivity contribution < 1.29 is 9.84 Å². The molecule has 1 aromatic carbocycles. The second-order valence-corrected chi connectivity index (χ2v) is 6.32. The number of benzene rings is 1. The minimum atomic E-state index is -0.531. The molecule has 1 atom stereocenters. The minimum Gasteiger partial charge on any atom is -0.489 e. The third-order valence-electron chi connectivity index (χ3n) is 2.70. The van der Waals surface area contributed by atoms with Crippen LogP contribution in [0.4, 0.5) is 0 Å². The Labute approximate surface area is 120 Å². The van der Waals surface area contributed by atoms with Gasteiger partial charge in [-0.2, -0.15) is 0 Å². The third-order valence-corrected chi connectivity index (χ3v) is 3.01. The summed E-state index contributed by atoms with van der Waals surface area (Å²) in [5.41, 5.74) is 0.312. The van der Waals surface area contributed by atoms with Crippen LogP contribution in [0.5, 0.6) is 5.75 Å². The summed E-state index contributed by atoms with van der Waals surface area (Å²) in [6.45, 7) is 8.27. The van der Waals surface area contributed by atoms with E-state index in [4.69, 9.17) is 16.3 Å². The standard InChI is InChI=1S/C15H24ClNO2/c1-15(2,3)8-9-17-10-12(18)11-19-14-7-5-4-6-13(14)16/h4-7,12,17-18H,8-11H2,1-3H3. The lowest BCUT2D eigenvalue weighted by Crippen LogP contribution is -2.33. The predicted molar refractivity (Wildman–Crippen MR) is 79.9 cm³/mol. The lowest BCUT2D eigenvalue weighted by atomic mass is 9.92. The number of aliphatic hydroxyl groups is 1. The molecule has 0 aliphatic heterocycles. The number of halogens is 1. The molecule has 3 nitrogen and oxygen atoms in total. The van der Waals surface area contributed by atoms with Crippen LogP contribution in [0.2, 0.25) is 5.02 Å². The van der Waals surface area contributed by atoms with Crippen molar-refractivity contribution in [1.82, 2.24) is 5.32 Å². The first-order chi connectivity index (χ1) is 8.88. The van der Waals surface area contributed by atoms with Crippen molar-refractivity contribution >= 4 is 11.6 Å². The summed E-state index contributed by atoms with van der Waals surface area (Å²) >= 11 is 5.96. The average Bonchev–Trinajstić information content (AvgIpc) is 2.32. The first kappa shape index (κ1) is 16.3. The Balaban J connectivity index is 2.18. The van der Waals surface area contributed by atoms with Crippen LogP contribution in [0.25, 0.3) is 0 Å². The summed E-state index contributed by atoms with van der Waals surface area (Å²) in [7, 11) is 0. The molecule has 0 aliphatic rings. The van der Waals surface area contributed by atoms with Gasteiger partial charge in [0, 0.05) is 6.54 Å². The number of rotatable bonds is 7. The number of aliphatic hydroxyl groups excluding tert-OH is 1. The molecule has 108 valence electrons.